The molecule has 0 aliphatic carbocycles. The molecule has 100 valence electrons. The van der Waals surface area contributed by atoms with Gasteiger partial charge in [-0.1, -0.05) is 22.0 Å². The smallest absolute Gasteiger partial charge is 0.241 e. The number of sulfonamides is 1. The fraction of sp³-hybridized carbons (Fsp3) is 0.500. The summed E-state index contributed by atoms with van der Waals surface area (Å²) >= 11 is 3.29. The summed E-state index contributed by atoms with van der Waals surface area (Å²) in [5, 5.41) is 3.23. The second-order valence-electron chi connectivity index (χ2n) is 4.87. The van der Waals surface area contributed by atoms with E-state index in [2.05, 4.69) is 26.0 Å². The van der Waals surface area contributed by atoms with E-state index in [1.54, 1.807) is 18.2 Å². The summed E-state index contributed by atoms with van der Waals surface area (Å²) in [7, 11) is -3.45. The predicted octanol–water partition coefficient (Wildman–Crippen LogP) is 1.87. The molecule has 1 aliphatic rings. The normalized spacial score (nSPS) is 19.7. The second-order valence-corrected chi connectivity index (χ2v) is 7.47. The molecular formula is C12H17BrN2O2S. The third-order valence-electron chi connectivity index (χ3n) is 3.19. The minimum Gasteiger partial charge on any atom is -0.317 e. The molecule has 1 aromatic carbocycles. The Kier molecular flexibility index (Phi) is 4.11. The number of benzene rings is 1. The summed E-state index contributed by atoms with van der Waals surface area (Å²) < 4.78 is 28.2. The lowest BCUT2D eigenvalue weighted by Gasteiger charge is -2.34. The van der Waals surface area contributed by atoms with Gasteiger partial charge < -0.3 is 5.32 Å². The zero-order valence-corrected chi connectivity index (χ0v) is 12.6. The molecule has 1 aromatic rings. The zero-order chi connectivity index (χ0) is 13.2. The summed E-state index contributed by atoms with van der Waals surface area (Å²) in [6, 6.07) is 6.76. The standard InChI is InChI=1S/C12H17BrN2O2S/c1-12(5-7-14-8-6-12)15-18(16,17)11-4-2-3-10(13)9-11/h2-4,9,14-15H,5-8H2,1H3. The van der Waals surface area contributed by atoms with E-state index in [1.165, 1.54) is 0 Å². The van der Waals surface area contributed by atoms with Crippen molar-refractivity contribution in [2.24, 2.45) is 0 Å². The van der Waals surface area contributed by atoms with Crippen molar-refractivity contribution in [3.05, 3.63) is 28.7 Å². The molecule has 1 saturated heterocycles. The van der Waals surface area contributed by atoms with Gasteiger partial charge in [-0.05, 0) is 51.1 Å². The van der Waals surface area contributed by atoms with Crippen molar-refractivity contribution in [2.75, 3.05) is 13.1 Å². The van der Waals surface area contributed by atoms with E-state index in [9.17, 15) is 8.42 Å². The number of piperidine rings is 1. The highest BCUT2D eigenvalue weighted by Crippen LogP contribution is 2.22. The van der Waals surface area contributed by atoms with Crippen molar-refractivity contribution in [2.45, 2.75) is 30.2 Å². The summed E-state index contributed by atoms with van der Waals surface area (Å²) in [6.45, 7) is 3.65. The van der Waals surface area contributed by atoms with E-state index in [1.807, 2.05) is 13.0 Å². The number of hydrogen-bond acceptors (Lipinski definition) is 3. The molecule has 2 rings (SSSR count). The minimum atomic E-state index is -3.45. The topological polar surface area (TPSA) is 58.2 Å². The first kappa shape index (κ1) is 14.0. The van der Waals surface area contributed by atoms with Crippen molar-refractivity contribution in [3.8, 4) is 0 Å². The maximum Gasteiger partial charge on any atom is 0.241 e. The molecule has 0 atom stereocenters. The van der Waals surface area contributed by atoms with Gasteiger partial charge in [0.15, 0.2) is 0 Å². The summed E-state index contributed by atoms with van der Waals surface area (Å²) in [5.74, 6) is 0. The summed E-state index contributed by atoms with van der Waals surface area (Å²) in [4.78, 5) is 0.302. The summed E-state index contributed by atoms with van der Waals surface area (Å²) in [5.41, 5.74) is -0.355. The molecule has 6 heteroatoms. The molecule has 18 heavy (non-hydrogen) atoms. The van der Waals surface area contributed by atoms with Crippen LogP contribution in [0, 0.1) is 0 Å². The Morgan fingerprint density at radius 1 is 1.33 bits per heavy atom. The molecule has 0 bridgehead atoms. The van der Waals surface area contributed by atoms with Crippen LogP contribution in [0.5, 0.6) is 0 Å². The van der Waals surface area contributed by atoms with Crippen molar-refractivity contribution in [3.63, 3.8) is 0 Å². The van der Waals surface area contributed by atoms with Crippen molar-refractivity contribution in [1.29, 1.82) is 0 Å². The molecule has 1 fully saturated rings. The highest BCUT2D eigenvalue weighted by molar-refractivity contribution is 9.10. The van der Waals surface area contributed by atoms with E-state index < -0.39 is 10.0 Å². The first-order valence-electron chi connectivity index (χ1n) is 5.92. The largest absolute Gasteiger partial charge is 0.317 e. The lowest BCUT2D eigenvalue weighted by atomic mass is 9.92. The van der Waals surface area contributed by atoms with Crippen LogP contribution in [0.3, 0.4) is 0 Å². The number of rotatable bonds is 3. The van der Waals surface area contributed by atoms with Gasteiger partial charge in [-0.3, -0.25) is 0 Å². The van der Waals surface area contributed by atoms with Crippen LogP contribution in [0.25, 0.3) is 0 Å². The quantitative estimate of drug-likeness (QED) is 0.888. The SMILES string of the molecule is CC1(NS(=O)(=O)c2cccc(Br)c2)CCNCC1. The van der Waals surface area contributed by atoms with Gasteiger partial charge in [0.1, 0.15) is 0 Å². The highest BCUT2D eigenvalue weighted by atomic mass is 79.9. The van der Waals surface area contributed by atoms with E-state index in [0.29, 0.717) is 4.90 Å². The molecule has 4 nitrogen and oxygen atoms in total. The Balaban J connectivity index is 2.21. The van der Waals surface area contributed by atoms with Crippen LogP contribution in [0.4, 0.5) is 0 Å². The predicted molar refractivity (Wildman–Crippen MR) is 75.0 cm³/mol. The second kappa shape index (κ2) is 5.28. The Labute approximate surface area is 116 Å². The Morgan fingerprint density at radius 2 is 2.00 bits per heavy atom. The fourth-order valence-electron chi connectivity index (χ4n) is 2.10. The lowest BCUT2D eigenvalue weighted by Crippen LogP contribution is -2.52. The van der Waals surface area contributed by atoms with Gasteiger partial charge in [0.25, 0.3) is 0 Å². The van der Waals surface area contributed by atoms with Crippen molar-refractivity contribution >= 4 is 26.0 Å². The minimum absolute atomic E-state index is 0.302. The first-order chi connectivity index (χ1) is 8.41. The molecule has 0 unspecified atom stereocenters. The van der Waals surface area contributed by atoms with Gasteiger partial charge in [-0.15, -0.1) is 0 Å². The molecule has 2 N–H and O–H groups in total. The van der Waals surface area contributed by atoms with E-state index in [-0.39, 0.29) is 5.54 Å². The van der Waals surface area contributed by atoms with Crippen molar-refractivity contribution in [1.82, 2.24) is 10.0 Å². The van der Waals surface area contributed by atoms with E-state index in [0.717, 1.165) is 30.4 Å². The third-order valence-corrected chi connectivity index (χ3v) is 5.32. The Hall–Kier alpha value is -0.430. The number of halogens is 1. The average molecular weight is 333 g/mol. The van der Waals surface area contributed by atoms with Crippen LogP contribution >= 0.6 is 15.9 Å². The van der Waals surface area contributed by atoms with Crippen LogP contribution in [0.1, 0.15) is 19.8 Å². The Morgan fingerprint density at radius 3 is 2.61 bits per heavy atom. The molecular weight excluding hydrogens is 316 g/mol. The van der Waals surface area contributed by atoms with E-state index in [4.69, 9.17) is 0 Å². The van der Waals surface area contributed by atoms with Gasteiger partial charge >= 0.3 is 0 Å². The monoisotopic (exact) mass is 332 g/mol. The van der Waals surface area contributed by atoms with E-state index >= 15 is 0 Å². The maximum atomic E-state index is 12.3. The summed E-state index contributed by atoms with van der Waals surface area (Å²) in [6.07, 6.45) is 1.61. The van der Waals surface area contributed by atoms with Crippen LogP contribution in [0.15, 0.2) is 33.6 Å². The highest BCUT2D eigenvalue weighted by Gasteiger charge is 2.31. The molecule has 0 amide bonds. The number of hydrogen-bond donors (Lipinski definition) is 2. The van der Waals surface area contributed by atoms with Gasteiger partial charge in [0.05, 0.1) is 4.90 Å². The van der Waals surface area contributed by atoms with Crippen LogP contribution in [-0.4, -0.2) is 27.0 Å². The van der Waals surface area contributed by atoms with Gasteiger partial charge in [0, 0.05) is 10.0 Å². The molecule has 1 heterocycles. The fourth-order valence-corrected chi connectivity index (χ4v) is 4.16. The zero-order valence-electron chi connectivity index (χ0n) is 10.2. The average Bonchev–Trinajstić information content (AvgIpc) is 2.28. The van der Waals surface area contributed by atoms with Gasteiger partial charge in [-0.2, -0.15) is 0 Å². The third kappa shape index (κ3) is 3.32. The Bertz CT molecular complexity index is 525. The molecule has 0 saturated carbocycles. The number of nitrogens with one attached hydrogen (secondary N) is 2. The molecule has 1 aliphatic heterocycles. The van der Waals surface area contributed by atoms with Crippen LogP contribution in [0.2, 0.25) is 0 Å². The van der Waals surface area contributed by atoms with Gasteiger partial charge in [0.2, 0.25) is 10.0 Å². The maximum absolute atomic E-state index is 12.3. The lowest BCUT2D eigenvalue weighted by molar-refractivity contribution is 0.308. The molecule has 0 radical (unpaired) electrons. The molecule has 0 spiro atoms. The van der Waals surface area contributed by atoms with Crippen molar-refractivity contribution < 1.29 is 8.42 Å². The van der Waals surface area contributed by atoms with Crippen LogP contribution < -0.4 is 10.0 Å². The first-order valence-corrected chi connectivity index (χ1v) is 8.19. The van der Waals surface area contributed by atoms with Gasteiger partial charge in [-0.25, -0.2) is 13.1 Å². The molecule has 0 aromatic heterocycles. The van der Waals surface area contributed by atoms with Crippen LogP contribution in [-0.2, 0) is 10.0 Å².